The van der Waals surface area contributed by atoms with E-state index >= 15 is 0 Å². The molecular formula is C47H58Cl2I2O14. The fourth-order valence-electron chi connectivity index (χ4n) is 7.76. The first kappa shape index (κ1) is 54.0. The Morgan fingerprint density at radius 3 is 1.42 bits per heavy atom. The Kier molecular flexibility index (Phi) is 22.2. The first-order chi connectivity index (χ1) is 31.3. The maximum absolute atomic E-state index is 10.4. The second-order valence-corrected chi connectivity index (χ2v) is 17.3. The fraction of sp³-hybridized carbons (Fsp3) is 0.489. The summed E-state index contributed by atoms with van der Waals surface area (Å²) in [6, 6.07) is 24.9. The topological polar surface area (TPSA) is 228 Å². The molecule has 4 fully saturated rings. The third-order valence-electron chi connectivity index (χ3n) is 11.6. The predicted molar refractivity (Wildman–Crippen MR) is 261 cm³/mol. The molecule has 0 aromatic heterocycles. The molecule has 4 aromatic rings. The normalized spacial score (nSPS) is 29.6. The van der Waals surface area contributed by atoms with Gasteiger partial charge >= 0.3 is 0 Å². The summed E-state index contributed by atoms with van der Waals surface area (Å²) >= 11 is 16.9. The van der Waals surface area contributed by atoms with Crippen LogP contribution in [0, 0.1) is 5.92 Å². The third-order valence-corrected chi connectivity index (χ3v) is 12.3. The van der Waals surface area contributed by atoms with E-state index in [1.54, 1.807) is 54.6 Å². The predicted octanol–water partition coefficient (Wildman–Crippen LogP) is 5.58. The van der Waals surface area contributed by atoms with Crippen LogP contribution < -0.4 is 4.74 Å². The van der Waals surface area contributed by atoms with E-state index in [0.717, 1.165) is 60.2 Å². The van der Waals surface area contributed by atoms with Crippen LogP contribution in [-0.4, -0.2) is 141 Å². The van der Waals surface area contributed by atoms with Gasteiger partial charge in [0.1, 0.15) is 78.6 Å². The summed E-state index contributed by atoms with van der Waals surface area (Å²) in [7, 11) is 0. The summed E-state index contributed by atoms with van der Waals surface area (Å²) in [4.78, 5) is 0. The number of halogens is 4. The quantitative estimate of drug-likeness (QED) is 0.0885. The van der Waals surface area contributed by atoms with Crippen LogP contribution in [0.15, 0.2) is 84.9 Å². The van der Waals surface area contributed by atoms with Crippen LogP contribution in [0.4, 0.5) is 0 Å². The number of phenols is 1. The summed E-state index contributed by atoms with van der Waals surface area (Å²) < 4.78 is 27.5. The molecule has 8 rings (SSSR count). The van der Waals surface area contributed by atoms with Gasteiger partial charge in [-0.1, -0.05) is 78.7 Å². The minimum absolute atomic E-state index is 0.0931. The number of ether oxygens (including phenoxy) is 5. The first-order valence-electron chi connectivity index (χ1n) is 21.3. The number of hydrogen-bond donors (Lipinski definition) is 9. The second-order valence-electron chi connectivity index (χ2n) is 16.4. The maximum Gasteiger partial charge on any atom is 0.124 e. The molecule has 0 saturated carbocycles. The van der Waals surface area contributed by atoms with Crippen molar-refractivity contribution in [3.63, 3.8) is 0 Å². The monoisotopic (exact) mass is 1170 g/mol. The van der Waals surface area contributed by atoms with Gasteiger partial charge in [0.2, 0.25) is 0 Å². The van der Waals surface area contributed by atoms with E-state index in [0.29, 0.717) is 40.6 Å². The molecule has 358 valence electrons. The first-order valence-corrected chi connectivity index (χ1v) is 28.3. The van der Waals surface area contributed by atoms with Gasteiger partial charge in [-0.15, -0.1) is 0 Å². The van der Waals surface area contributed by atoms with E-state index in [9.17, 15) is 46.0 Å². The Balaban J connectivity index is 0.000000211. The van der Waals surface area contributed by atoms with E-state index in [1.165, 1.54) is 6.42 Å². The average molecular weight is 1170 g/mol. The lowest BCUT2D eigenvalue weighted by Gasteiger charge is -2.40. The Hall–Kier alpha value is -1.96. The van der Waals surface area contributed by atoms with Crippen molar-refractivity contribution in [3.8, 4) is 11.5 Å². The summed E-state index contributed by atoms with van der Waals surface area (Å²) in [6.07, 6.45) is -8.71. The van der Waals surface area contributed by atoms with Gasteiger partial charge in [-0.25, -0.2) is 0 Å². The number of aliphatic hydroxyl groups excluding tert-OH is 8. The molecule has 4 aliphatic rings. The van der Waals surface area contributed by atoms with Crippen LogP contribution in [0.1, 0.15) is 65.4 Å². The number of hydrogen-bond acceptors (Lipinski definition) is 14. The van der Waals surface area contributed by atoms with E-state index in [2.05, 4.69) is 44.2 Å². The summed E-state index contributed by atoms with van der Waals surface area (Å²) in [5.41, 5.74) is 4.77. The summed E-state index contributed by atoms with van der Waals surface area (Å²) in [5.74, 6) is 1.79. The number of benzene rings is 4. The minimum Gasteiger partial charge on any atom is -0.508 e. The van der Waals surface area contributed by atoms with Crippen molar-refractivity contribution in [2.45, 2.75) is 99.8 Å². The SMILES string of the molecule is C[C@@H]1CCOC1.II.OC[C@H]1O[C@@H](c2ccc(Cl)c(Cc3ccc(O)cc3)c2)[C@H](O)[C@@H](O)[C@@H]1O.OC[C@H]1O[C@@H](c2ccc(Cl)c(Cc3ccc(O[C@H]4CCOC4)cc3)c2)[C@H](O)[C@@H](O)[C@@H]1O. The number of rotatable bonds is 10. The molecule has 18 heteroatoms. The summed E-state index contributed by atoms with van der Waals surface area (Å²) in [5, 5.41) is 89.9. The van der Waals surface area contributed by atoms with Crippen molar-refractivity contribution in [2.75, 3.05) is 39.6 Å². The van der Waals surface area contributed by atoms with Crippen LogP contribution in [0.5, 0.6) is 11.5 Å². The second kappa shape index (κ2) is 26.7. The third kappa shape index (κ3) is 15.0. The van der Waals surface area contributed by atoms with Crippen LogP contribution >= 0.6 is 60.4 Å². The molecule has 12 atom stereocenters. The smallest absolute Gasteiger partial charge is 0.124 e. The van der Waals surface area contributed by atoms with Gasteiger partial charge in [0.15, 0.2) is 0 Å². The van der Waals surface area contributed by atoms with Crippen molar-refractivity contribution in [1.29, 1.82) is 0 Å². The highest BCUT2D eigenvalue weighted by Gasteiger charge is 2.45. The molecule has 0 spiro atoms. The van der Waals surface area contributed by atoms with Gasteiger partial charge in [-0.2, -0.15) is 0 Å². The molecule has 4 aromatic carbocycles. The van der Waals surface area contributed by atoms with Crippen LogP contribution in [0.25, 0.3) is 0 Å². The average Bonchev–Trinajstić information content (AvgIpc) is 4.03. The molecule has 0 amide bonds. The van der Waals surface area contributed by atoms with Gasteiger partial charge < -0.3 is 69.6 Å². The van der Waals surface area contributed by atoms with E-state index in [1.807, 2.05) is 30.3 Å². The lowest BCUT2D eigenvalue weighted by molar-refractivity contribution is -0.231. The fourth-order valence-corrected chi connectivity index (χ4v) is 8.13. The molecule has 9 N–H and O–H groups in total. The van der Waals surface area contributed by atoms with Crippen LogP contribution in [0.3, 0.4) is 0 Å². The van der Waals surface area contributed by atoms with Crippen molar-refractivity contribution in [3.05, 3.63) is 128 Å². The Morgan fingerprint density at radius 2 is 1.03 bits per heavy atom. The lowest BCUT2D eigenvalue weighted by atomic mass is 9.90. The number of phenolic OH excluding ortho intramolecular Hbond substituents is 1. The molecule has 0 radical (unpaired) electrons. The standard InChI is InChI=1S/C23H27ClO7.C19H21ClO6.C5H10O.I2/c24-18-6-3-14(23-22(28)21(27)20(26)19(11-25)31-23)10-15(18)9-13-1-4-16(5-2-13)30-17-7-8-29-12-17;20-14-6-3-11(8-12(14)7-10-1-4-13(22)5-2-10)19-18(25)17(24)16(23)15(9-21)26-19;1-5-2-3-6-4-5;1-2/h1-6,10,17,19-23,25-28H,7-9,11-12H2;1-6,8,15-19,21-25H,7,9H2;5H,2-4H2,1H3;/t17-,19+,20+,21-,22+,23-;15-,16-,17+,18-,19+;5-;/m011./s1. The van der Waals surface area contributed by atoms with Crippen molar-refractivity contribution >= 4 is 60.4 Å². The van der Waals surface area contributed by atoms with E-state index in [4.69, 9.17) is 46.9 Å². The summed E-state index contributed by atoms with van der Waals surface area (Å²) in [6.45, 7) is 4.58. The molecule has 14 nitrogen and oxygen atoms in total. The molecule has 4 heterocycles. The largest absolute Gasteiger partial charge is 0.508 e. The maximum atomic E-state index is 10.4. The minimum atomic E-state index is -1.43. The van der Waals surface area contributed by atoms with Gasteiger partial charge in [-0.05, 0) is 95.0 Å². The molecule has 65 heavy (non-hydrogen) atoms. The molecule has 0 unspecified atom stereocenters. The van der Waals surface area contributed by atoms with Gasteiger partial charge in [0.05, 0.1) is 26.4 Å². The highest BCUT2D eigenvalue weighted by Crippen LogP contribution is 2.36. The van der Waals surface area contributed by atoms with Gasteiger partial charge in [0.25, 0.3) is 0 Å². The number of aromatic hydroxyl groups is 1. The number of aliphatic hydroxyl groups is 8. The zero-order chi connectivity index (χ0) is 47.2. The highest BCUT2D eigenvalue weighted by molar-refractivity contribution is 15.0. The van der Waals surface area contributed by atoms with Crippen molar-refractivity contribution in [2.24, 2.45) is 5.92 Å². The van der Waals surface area contributed by atoms with Crippen LogP contribution in [-0.2, 0) is 31.8 Å². The zero-order valence-electron chi connectivity index (χ0n) is 35.7. The lowest BCUT2D eigenvalue weighted by Crippen LogP contribution is -2.55. The van der Waals surface area contributed by atoms with Crippen molar-refractivity contribution in [1.82, 2.24) is 0 Å². The molecule has 4 saturated heterocycles. The molecule has 0 bridgehead atoms. The van der Waals surface area contributed by atoms with E-state index < -0.39 is 74.3 Å². The molecular weight excluding hydrogens is 1110 g/mol. The van der Waals surface area contributed by atoms with E-state index in [-0.39, 0.29) is 11.9 Å². The Labute approximate surface area is 412 Å². The van der Waals surface area contributed by atoms with Crippen LogP contribution in [0.2, 0.25) is 10.0 Å². The molecule has 0 aliphatic carbocycles. The van der Waals surface area contributed by atoms with Gasteiger partial charge in [-0.3, -0.25) is 0 Å². The van der Waals surface area contributed by atoms with Gasteiger partial charge in [0, 0.05) is 66.9 Å². The van der Waals surface area contributed by atoms with Crippen molar-refractivity contribution < 1.29 is 69.6 Å². The zero-order valence-corrected chi connectivity index (χ0v) is 41.5. The highest BCUT2D eigenvalue weighted by atomic mass is 128. The Morgan fingerprint density at radius 1 is 0.585 bits per heavy atom. The Bertz CT molecular complexity index is 2020. The molecule has 4 aliphatic heterocycles.